The van der Waals surface area contributed by atoms with Gasteiger partial charge in [0.1, 0.15) is 5.84 Å². The molecule has 1 aromatic carbocycles. The molecule has 0 saturated heterocycles. The lowest BCUT2D eigenvalue weighted by molar-refractivity contribution is 0.0964. The van der Waals surface area contributed by atoms with E-state index < -0.39 is 0 Å². The number of nitrogens with zero attached hydrogens (tertiary/aromatic N) is 1. The molecule has 4 nitrogen and oxygen atoms in total. The molecule has 1 rings (SSSR count). The Morgan fingerprint density at radius 1 is 1.47 bits per heavy atom. The summed E-state index contributed by atoms with van der Waals surface area (Å²) in [4.78, 5) is 15.7. The van der Waals surface area contributed by atoms with Gasteiger partial charge in [0, 0.05) is 7.05 Å². The Balaban J connectivity index is 3.19. The normalized spacial score (nSPS) is 12.4. The first-order chi connectivity index (χ1) is 8.10. The molecule has 90 valence electrons. The van der Waals surface area contributed by atoms with E-state index in [-0.39, 0.29) is 11.7 Å². The summed E-state index contributed by atoms with van der Waals surface area (Å²) in [7, 11) is 1.56. The predicted molar refractivity (Wildman–Crippen MR) is 70.7 cm³/mol. The Labute approximate surface area is 105 Å². The fourth-order valence-electron chi connectivity index (χ4n) is 1.23. The van der Waals surface area contributed by atoms with Crippen LogP contribution in [0.2, 0.25) is 0 Å². The highest BCUT2D eigenvalue weighted by Gasteiger charge is 2.09. The Bertz CT molecular complexity index is 480. The second-order valence-electron chi connectivity index (χ2n) is 3.23. The number of carbonyl (C=O) groups is 1. The summed E-state index contributed by atoms with van der Waals surface area (Å²) in [6.45, 7) is 1.76. The largest absolute Gasteiger partial charge is 0.382 e. The minimum atomic E-state index is -0.214. The van der Waals surface area contributed by atoms with Crippen LogP contribution in [0.1, 0.15) is 17.3 Å². The lowest BCUT2D eigenvalue weighted by atomic mass is 10.1. The number of nitrogens with two attached hydrogens (primary N) is 1. The molecule has 0 aliphatic carbocycles. The smallest absolute Gasteiger partial charge is 0.253 e. The van der Waals surface area contributed by atoms with Crippen molar-refractivity contribution in [3.05, 3.63) is 40.9 Å². The van der Waals surface area contributed by atoms with E-state index in [1.807, 2.05) is 0 Å². The average molecular weight is 252 g/mol. The molecule has 0 heterocycles. The Morgan fingerprint density at radius 2 is 2.12 bits per heavy atom. The average Bonchev–Trinajstić information content (AvgIpc) is 2.37. The van der Waals surface area contributed by atoms with Gasteiger partial charge in [-0.1, -0.05) is 29.8 Å². The van der Waals surface area contributed by atoms with Crippen molar-refractivity contribution in [1.29, 1.82) is 0 Å². The maximum absolute atomic E-state index is 11.6. The van der Waals surface area contributed by atoms with Crippen molar-refractivity contribution in [2.45, 2.75) is 6.92 Å². The number of rotatable bonds is 3. The van der Waals surface area contributed by atoms with Gasteiger partial charge in [0.15, 0.2) is 0 Å². The first kappa shape index (κ1) is 13.3. The van der Waals surface area contributed by atoms with Crippen molar-refractivity contribution in [3.8, 4) is 0 Å². The first-order valence-electron chi connectivity index (χ1n) is 5.07. The third-order valence-electron chi connectivity index (χ3n) is 2.11. The van der Waals surface area contributed by atoms with Gasteiger partial charge in [0.05, 0.1) is 16.3 Å². The topological polar surface area (TPSA) is 67.5 Å². The van der Waals surface area contributed by atoms with Crippen molar-refractivity contribution in [1.82, 2.24) is 5.32 Å². The van der Waals surface area contributed by atoms with Crippen molar-refractivity contribution in [2.75, 3.05) is 7.05 Å². The molecule has 0 saturated carbocycles. The van der Waals surface area contributed by atoms with E-state index in [9.17, 15) is 4.79 Å². The molecule has 5 heteroatoms. The number of amides is 1. The molecule has 17 heavy (non-hydrogen) atoms. The summed E-state index contributed by atoms with van der Waals surface area (Å²) < 4.78 is 0. The number of carbonyl (C=O) groups excluding carboxylic acids is 1. The highest BCUT2D eigenvalue weighted by atomic mass is 35.5. The molecule has 3 N–H and O–H groups in total. The summed E-state index contributed by atoms with van der Waals surface area (Å²) in [6, 6.07) is 6.92. The van der Waals surface area contributed by atoms with E-state index in [0.717, 1.165) is 0 Å². The number of halogens is 1. The summed E-state index contributed by atoms with van der Waals surface area (Å²) in [5, 5.41) is 2.90. The van der Waals surface area contributed by atoms with E-state index in [1.54, 1.807) is 44.3 Å². The van der Waals surface area contributed by atoms with Crippen LogP contribution in [0, 0.1) is 0 Å². The number of allylic oxidation sites excluding steroid dienone is 1. The molecular formula is C12H14ClN3O. The Kier molecular flexibility index (Phi) is 4.72. The molecule has 0 bridgehead atoms. The molecule has 0 fully saturated rings. The van der Waals surface area contributed by atoms with Crippen molar-refractivity contribution < 1.29 is 4.79 Å². The zero-order valence-corrected chi connectivity index (χ0v) is 10.5. The summed E-state index contributed by atoms with van der Waals surface area (Å²) >= 11 is 5.84. The summed E-state index contributed by atoms with van der Waals surface area (Å²) in [5.41, 5.74) is 6.64. The quantitative estimate of drug-likeness (QED) is 0.639. The van der Waals surface area contributed by atoms with Crippen LogP contribution in [0.4, 0.5) is 5.69 Å². The van der Waals surface area contributed by atoms with Crippen molar-refractivity contribution in [2.24, 2.45) is 10.7 Å². The molecule has 0 aromatic heterocycles. The highest BCUT2D eigenvalue weighted by Crippen LogP contribution is 2.19. The van der Waals surface area contributed by atoms with Crippen LogP contribution in [0.15, 0.2) is 40.4 Å². The summed E-state index contributed by atoms with van der Waals surface area (Å²) in [5.74, 6) is -0.0285. The number of aliphatic imine (C=N–C) groups is 1. The van der Waals surface area contributed by atoms with Crippen LogP contribution in [-0.2, 0) is 0 Å². The van der Waals surface area contributed by atoms with E-state index in [0.29, 0.717) is 16.3 Å². The van der Waals surface area contributed by atoms with Crippen LogP contribution >= 0.6 is 11.6 Å². The van der Waals surface area contributed by atoms with E-state index >= 15 is 0 Å². The standard InChI is InChI=1S/C12H14ClN3O/c1-3-9(13)11(14)16-10-7-5-4-6-8(10)12(17)15-2/h3-7H,1-2H3,(H2,14,16)(H,15,17)/b9-3+. The Morgan fingerprint density at radius 3 is 2.71 bits per heavy atom. The van der Waals surface area contributed by atoms with Crippen LogP contribution < -0.4 is 11.1 Å². The fourth-order valence-corrected chi connectivity index (χ4v) is 1.27. The van der Waals surface area contributed by atoms with Gasteiger partial charge in [-0.3, -0.25) is 4.79 Å². The molecule has 1 aromatic rings. The number of amidine groups is 1. The van der Waals surface area contributed by atoms with Gasteiger partial charge in [-0.05, 0) is 19.1 Å². The highest BCUT2D eigenvalue weighted by molar-refractivity contribution is 6.43. The number of para-hydroxylation sites is 1. The summed E-state index contributed by atoms with van der Waals surface area (Å²) in [6.07, 6.45) is 1.64. The van der Waals surface area contributed by atoms with Gasteiger partial charge >= 0.3 is 0 Å². The molecular weight excluding hydrogens is 238 g/mol. The molecule has 1 amide bonds. The third kappa shape index (κ3) is 3.32. The monoisotopic (exact) mass is 251 g/mol. The number of hydrogen-bond donors (Lipinski definition) is 2. The van der Waals surface area contributed by atoms with Crippen molar-refractivity contribution in [3.63, 3.8) is 0 Å². The number of hydrogen-bond acceptors (Lipinski definition) is 2. The van der Waals surface area contributed by atoms with Gasteiger partial charge in [-0.15, -0.1) is 0 Å². The van der Waals surface area contributed by atoms with E-state index in [4.69, 9.17) is 17.3 Å². The van der Waals surface area contributed by atoms with Crippen LogP contribution in [-0.4, -0.2) is 18.8 Å². The number of nitrogens with one attached hydrogen (secondary N) is 1. The zero-order chi connectivity index (χ0) is 12.8. The molecule has 0 aliphatic heterocycles. The van der Waals surface area contributed by atoms with Crippen LogP contribution in [0.25, 0.3) is 0 Å². The molecule has 0 atom stereocenters. The SMILES string of the molecule is C/C=C(/Cl)C(N)=Nc1ccccc1C(=O)NC. The molecule has 0 unspecified atom stereocenters. The third-order valence-corrected chi connectivity index (χ3v) is 2.53. The fraction of sp³-hybridized carbons (Fsp3) is 0.167. The molecule has 0 spiro atoms. The molecule has 0 radical (unpaired) electrons. The van der Waals surface area contributed by atoms with Crippen molar-refractivity contribution >= 4 is 29.0 Å². The maximum atomic E-state index is 11.6. The van der Waals surface area contributed by atoms with Crippen LogP contribution in [0.3, 0.4) is 0 Å². The van der Waals surface area contributed by atoms with Gasteiger partial charge in [0.2, 0.25) is 0 Å². The van der Waals surface area contributed by atoms with Gasteiger partial charge in [-0.25, -0.2) is 4.99 Å². The minimum absolute atomic E-state index is 0.186. The van der Waals surface area contributed by atoms with Gasteiger partial charge in [0.25, 0.3) is 5.91 Å². The van der Waals surface area contributed by atoms with Gasteiger partial charge < -0.3 is 11.1 Å². The first-order valence-corrected chi connectivity index (χ1v) is 5.45. The lowest BCUT2D eigenvalue weighted by Crippen LogP contribution is -2.18. The van der Waals surface area contributed by atoms with E-state index in [2.05, 4.69) is 10.3 Å². The lowest BCUT2D eigenvalue weighted by Gasteiger charge is -2.05. The maximum Gasteiger partial charge on any atom is 0.253 e. The minimum Gasteiger partial charge on any atom is -0.382 e. The predicted octanol–water partition coefficient (Wildman–Crippen LogP) is 2.18. The van der Waals surface area contributed by atoms with E-state index in [1.165, 1.54) is 0 Å². The van der Waals surface area contributed by atoms with Gasteiger partial charge in [-0.2, -0.15) is 0 Å². The second kappa shape index (κ2) is 6.06. The second-order valence-corrected chi connectivity index (χ2v) is 3.64. The number of benzene rings is 1. The zero-order valence-electron chi connectivity index (χ0n) is 9.70. The Hall–Kier alpha value is -1.81. The molecule has 0 aliphatic rings. The van der Waals surface area contributed by atoms with Crippen LogP contribution in [0.5, 0.6) is 0 Å².